The van der Waals surface area contributed by atoms with Crippen LogP contribution in [-0.2, 0) is 0 Å². The van der Waals surface area contributed by atoms with Crippen molar-refractivity contribution in [1.29, 1.82) is 0 Å². The lowest BCUT2D eigenvalue weighted by molar-refractivity contribution is -0.191. The van der Waals surface area contributed by atoms with Crippen molar-refractivity contribution in [3.63, 3.8) is 0 Å². The van der Waals surface area contributed by atoms with Gasteiger partial charge in [-0.2, -0.15) is 13.2 Å². The van der Waals surface area contributed by atoms with Gasteiger partial charge in [0.1, 0.15) is 5.82 Å². The Hall–Kier alpha value is -1.32. The molecule has 5 N–H and O–H groups in total. The Kier molecular flexibility index (Phi) is 4.54. The van der Waals surface area contributed by atoms with E-state index in [0.717, 1.165) is 11.2 Å². The largest absolute Gasteiger partial charge is 0.420 e. The van der Waals surface area contributed by atoms with Gasteiger partial charge in [0.05, 0.1) is 5.70 Å². The molecule has 5 nitrogen and oxygen atoms in total. The van der Waals surface area contributed by atoms with E-state index in [1.807, 2.05) is 0 Å². The molecule has 0 bridgehead atoms. The molecule has 1 aromatic heterocycles. The molecule has 1 aromatic rings. The van der Waals surface area contributed by atoms with Gasteiger partial charge in [0.25, 0.3) is 0 Å². The molecule has 0 fully saturated rings. The molecule has 18 heavy (non-hydrogen) atoms. The van der Waals surface area contributed by atoms with Crippen molar-refractivity contribution in [2.45, 2.75) is 12.3 Å². The van der Waals surface area contributed by atoms with Crippen LogP contribution in [0.1, 0.15) is 0 Å². The maximum absolute atomic E-state index is 12.2. The average molecular weight is 327 g/mol. The number of nitrogens with zero attached hydrogens (tertiary/aromatic N) is 2. The molecule has 0 aliphatic heterocycles. The Morgan fingerprint density at radius 1 is 1.50 bits per heavy atom. The first-order valence-corrected chi connectivity index (χ1v) is 5.38. The number of aliphatic hydroxyl groups excluding tert-OH is 1. The molecule has 100 valence electrons. The van der Waals surface area contributed by atoms with Crippen LogP contribution in [0, 0.1) is 0 Å². The number of anilines is 1. The molecule has 0 radical (unpaired) electrons. The zero-order valence-corrected chi connectivity index (χ0v) is 10.5. The molecule has 0 aromatic carbocycles. The number of hydrogen-bond acceptors (Lipinski definition) is 5. The van der Waals surface area contributed by atoms with Crippen LogP contribution >= 0.6 is 15.9 Å². The van der Waals surface area contributed by atoms with Crippen LogP contribution in [0.4, 0.5) is 19.0 Å². The fraction of sp³-hybridized carbons (Fsp3) is 0.222. The van der Waals surface area contributed by atoms with Crippen molar-refractivity contribution in [2.24, 2.45) is 11.6 Å². The number of nitrogens with two attached hydrogens (primary N) is 2. The molecule has 1 rings (SSSR count). The molecule has 0 aliphatic carbocycles. The van der Waals surface area contributed by atoms with E-state index in [1.165, 1.54) is 12.3 Å². The molecule has 1 heterocycles. The molecular formula is C9H10BrF3N4O. The van der Waals surface area contributed by atoms with Gasteiger partial charge in [0, 0.05) is 16.9 Å². The van der Waals surface area contributed by atoms with Crippen LogP contribution in [0.5, 0.6) is 0 Å². The molecule has 9 heteroatoms. The summed E-state index contributed by atoms with van der Waals surface area (Å²) >= 11 is 3.14. The number of alkyl halides is 3. The highest BCUT2D eigenvalue weighted by atomic mass is 79.9. The Labute approximate surface area is 109 Å². The predicted molar refractivity (Wildman–Crippen MR) is 62.9 cm³/mol. The van der Waals surface area contributed by atoms with Crippen molar-refractivity contribution in [2.75, 3.05) is 5.01 Å². The summed E-state index contributed by atoms with van der Waals surface area (Å²) in [6.45, 7) is 0. The number of rotatable bonds is 3. The zero-order chi connectivity index (χ0) is 13.9. The topological polar surface area (TPSA) is 88.4 Å². The van der Waals surface area contributed by atoms with E-state index in [4.69, 9.17) is 16.7 Å². The zero-order valence-electron chi connectivity index (χ0n) is 8.89. The lowest BCUT2D eigenvalue weighted by Crippen LogP contribution is -2.36. The fourth-order valence-electron chi connectivity index (χ4n) is 1.01. The van der Waals surface area contributed by atoms with E-state index in [-0.39, 0.29) is 5.82 Å². The van der Waals surface area contributed by atoms with Gasteiger partial charge in [-0.25, -0.2) is 10.8 Å². The Morgan fingerprint density at radius 2 is 2.11 bits per heavy atom. The fourth-order valence-corrected chi connectivity index (χ4v) is 1.24. The third kappa shape index (κ3) is 3.86. The van der Waals surface area contributed by atoms with Crippen LogP contribution in [-0.4, -0.2) is 22.4 Å². The minimum Gasteiger partial charge on any atom is -0.398 e. The van der Waals surface area contributed by atoms with Gasteiger partial charge in [-0.05, 0) is 28.1 Å². The van der Waals surface area contributed by atoms with Crippen LogP contribution in [0.15, 0.2) is 34.7 Å². The Balaban J connectivity index is 2.85. The quantitative estimate of drug-likeness (QED) is 0.574. The summed E-state index contributed by atoms with van der Waals surface area (Å²) in [6, 6.07) is 3.07. The molecule has 0 aliphatic rings. The number of pyridine rings is 1. The molecule has 0 saturated heterocycles. The maximum Gasteiger partial charge on any atom is 0.420 e. The van der Waals surface area contributed by atoms with Gasteiger partial charge in [0.15, 0.2) is 6.10 Å². The van der Waals surface area contributed by atoms with E-state index in [2.05, 4.69) is 20.9 Å². The van der Waals surface area contributed by atoms with Crippen LogP contribution in [0.3, 0.4) is 0 Å². The Bertz CT molecular complexity index is 434. The predicted octanol–water partition coefficient (Wildman–Crippen LogP) is 1.25. The van der Waals surface area contributed by atoms with Crippen LogP contribution < -0.4 is 16.6 Å². The summed E-state index contributed by atoms with van der Waals surface area (Å²) < 4.78 is 37.1. The van der Waals surface area contributed by atoms with E-state index >= 15 is 0 Å². The first-order chi connectivity index (χ1) is 8.21. The number of hydrazine groups is 1. The summed E-state index contributed by atoms with van der Waals surface area (Å²) in [5.41, 5.74) is 4.28. The van der Waals surface area contributed by atoms with Gasteiger partial charge in [-0.3, -0.25) is 5.01 Å². The third-order valence-corrected chi connectivity index (χ3v) is 2.36. The Morgan fingerprint density at radius 3 is 2.56 bits per heavy atom. The van der Waals surface area contributed by atoms with Crippen molar-refractivity contribution >= 4 is 21.7 Å². The average Bonchev–Trinajstić information content (AvgIpc) is 2.27. The normalized spacial score (nSPS) is 14.4. The first kappa shape index (κ1) is 14.7. The monoisotopic (exact) mass is 326 g/mol. The molecule has 0 amide bonds. The van der Waals surface area contributed by atoms with Crippen LogP contribution in [0.25, 0.3) is 0 Å². The highest BCUT2D eigenvalue weighted by molar-refractivity contribution is 9.10. The number of aromatic nitrogens is 1. The van der Waals surface area contributed by atoms with Crippen molar-refractivity contribution in [3.8, 4) is 0 Å². The summed E-state index contributed by atoms with van der Waals surface area (Å²) in [5, 5.41) is 9.65. The van der Waals surface area contributed by atoms with Crippen molar-refractivity contribution in [3.05, 3.63) is 34.7 Å². The van der Waals surface area contributed by atoms with Gasteiger partial charge in [0.2, 0.25) is 0 Å². The number of aliphatic hydroxyl groups is 1. The highest BCUT2D eigenvalue weighted by Gasteiger charge is 2.40. The molecule has 0 saturated carbocycles. The highest BCUT2D eigenvalue weighted by Crippen LogP contribution is 2.23. The van der Waals surface area contributed by atoms with E-state index in [9.17, 15) is 13.2 Å². The lowest BCUT2D eigenvalue weighted by Gasteiger charge is -2.18. The summed E-state index contributed by atoms with van der Waals surface area (Å²) in [7, 11) is 0. The summed E-state index contributed by atoms with van der Waals surface area (Å²) in [5.74, 6) is 5.62. The standard InChI is InChI=1S/C9H10BrF3N4O/c10-5-1-2-7(16-3-5)17(15)4-6(14)8(18)9(11,12)13/h1-4,8,18H,14-15H2/b6-4-. The second kappa shape index (κ2) is 5.55. The van der Waals surface area contributed by atoms with E-state index < -0.39 is 18.0 Å². The molecule has 1 atom stereocenters. The molecule has 0 spiro atoms. The minimum absolute atomic E-state index is 0.176. The molecular weight excluding hydrogens is 317 g/mol. The van der Waals surface area contributed by atoms with E-state index in [0.29, 0.717) is 4.47 Å². The third-order valence-electron chi connectivity index (χ3n) is 1.89. The molecule has 1 unspecified atom stereocenters. The SMILES string of the molecule is N/C(=C\N(N)c1ccc(Br)cn1)C(O)C(F)(F)F. The first-order valence-electron chi connectivity index (χ1n) is 4.59. The second-order valence-corrected chi connectivity index (χ2v) is 4.23. The number of hydrogen-bond donors (Lipinski definition) is 3. The maximum atomic E-state index is 12.2. The van der Waals surface area contributed by atoms with Crippen LogP contribution in [0.2, 0.25) is 0 Å². The second-order valence-electron chi connectivity index (χ2n) is 3.32. The van der Waals surface area contributed by atoms with E-state index in [1.54, 1.807) is 6.07 Å². The minimum atomic E-state index is -4.84. The summed E-state index contributed by atoms with van der Waals surface area (Å²) in [4.78, 5) is 3.84. The van der Waals surface area contributed by atoms with Gasteiger partial charge in [-0.15, -0.1) is 0 Å². The summed E-state index contributed by atoms with van der Waals surface area (Å²) in [6.07, 6.45) is -5.43. The van der Waals surface area contributed by atoms with Crippen molar-refractivity contribution in [1.82, 2.24) is 4.98 Å². The van der Waals surface area contributed by atoms with Crippen molar-refractivity contribution < 1.29 is 18.3 Å². The van der Waals surface area contributed by atoms with Gasteiger partial charge < -0.3 is 10.8 Å². The lowest BCUT2D eigenvalue weighted by atomic mass is 10.2. The number of halogens is 4. The van der Waals surface area contributed by atoms with Gasteiger partial charge in [-0.1, -0.05) is 0 Å². The van der Waals surface area contributed by atoms with Gasteiger partial charge >= 0.3 is 6.18 Å². The smallest absolute Gasteiger partial charge is 0.398 e.